The molecule has 1 N–H and O–H groups in total. The van der Waals surface area contributed by atoms with Crippen molar-refractivity contribution in [1.82, 2.24) is 0 Å². The maximum Gasteiger partial charge on any atom is 0.328 e. The number of β-amino-alcohol motifs (C(OH)–C–C–N with tert-alkyl or cyclic N) is 1. The second kappa shape index (κ2) is 3.63. The Bertz CT molecular complexity index is 483. The molecule has 1 aliphatic heterocycles. The van der Waals surface area contributed by atoms with Crippen LogP contribution in [0.5, 0.6) is 0 Å². The van der Waals surface area contributed by atoms with Gasteiger partial charge < -0.3 is 10.0 Å². The zero-order chi connectivity index (χ0) is 12.8. The maximum atomic E-state index is 13.3. The summed E-state index contributed by atoms with van der Waals surface area (Å²) >= 11 is 0. The van der Waals surface area contributed by atoms with Gasteiger partial charge in [-0.1, -0.05) is 0 Å². The van der Waals surface area contributed by atoms with Crippen molar-refractivity contribution in [2.24, 2.45) is 0 Å². The van der Waals surface area contributed by atoms with E-state index in [1.165, 1.54) is 4.90 Å². The van der Waals surface area contributed by atoms with E-state index < -0.39 is 27.8 Å². The Morgan fingerprint density at radius 2 is 2.06 bits per heavy atom. The molecule has 2 rings (SSSR count). The van der Waals surface area contributed by atoms with Crippen molar-refractivity contribution in [3.8, 4) is 0 Å². The lowest BCUT2D eigenvalue weighted by Crippen LogP contribution is -2.60. The minimum atomic E-state index is -1.21. The molecule has 1 heterocycles. The maximum absolute atomic E-state index is 13.3. The Morgan fingerprint density at radius 1 is 1.47 bits per heavy atom. The summed E-state index contributed by atoms with van der Waals surface area (Å²) < 4.78 is 26.3. The van der Waals surface area contributed by atoms with E-state index in [-0.39, 0.29) is 18.8 Å². The predicted molar refractivity (Wildman–Crippen MR) is 55.8 cm³/mol. The Hall–Kier alpha value is -1.76. The minimum Gasteiger partial charge on any atom is -0.386 e. The second-order valence-electron chi connectivity index (χ2n) is 4.37. The average molecular weight is 244 g/mol. The molecule has 0 atom stereocenters. The molecule has 0 spiro atoms. The third-order valence-corrected chi connectivity index (χ3v) is 2.59. The van der Waals surface area contributed by atoms with Crippen LogP contribution in [0.15, 0.2) is 12.1 Å². The van der Waals surface area contributed by atoms with Gasteiger partial charge in [0.05, 0.1) is 10.5 Å². The molecule has 0 bridgehead atoms. The number of hydrogen-bond acceptors (Lipinski definition) is 4. The molecule has 92 valence electrons. The molecule has 0 unspecified atom stereocenters. The van der Waals surface area contributed by atoms with E-state index in [4.69, 9.17) is 0 Å². The lowest BCUT2D eigenvalue weighted by molar-refractivity contribution is -0.386. The van der Waals surface area contributed by atoms with Crippen LogP contribution in [-0.4, -0.2) is 28.7 Å². The van der Waals surface area contributed by atoms with Gasteiger partial charge in [0.15, 0.2) is 0 Å². The molecule has 1 aliphatic rings. The Balaban J connectivity index is 2.42. The summed E-state index contributed by atoms with van der Waals surface area (Å²) in [6.45, 7) is 1.76. The van der Waals surface area contributed by atoms with Crippen LogP contribution in [0.2, 0.25) is 0 Å². The summed E-state index contributed by atoms with van der Waals surface area (Å²) in [5.41, 5.74) is -1.88. The summed E-state index contributed by atoms with van der Waals surface area (Å²) in [6, 6.07) is 1.37. The number of halogens is 2. The smallest absolute Gasteiger partial charge is 0.328 e. The largest absolute Gasteiger partial charge is 0.386 e. The van der Waals surface area contributed by atoms with Crippen molar-refractivity contribution in [3.63, 3.8) is 0 Å². The van der Waals surface area contributed by atoms with Gasteiger partial charge in [-0.25, -0.2) is 4.39 Å². The van der Waals surface area contributed by atoms with Gasteiger partial charge in [-0.05, 0) is 6.92 Å². The summed E-state index contributed by atoms with van der Waals surface area (Å²) in [6.07, 6.45) is 0. The molecule has 1 aromatic carbocycles. The van der Waals surface area contributed by atoms with Crippen molar-refractivity contribution in [1.29, 1.82) is 0 Å². The Labute approximate surface area is 95.4 Å². The van der Waals surface area contributed by atoms with Crippen LogP contribution in [0.1, 0.15) is 6.92 Å². The van der Waals surface area contributed by atoms with Crippen molar-refractivity contribution in [3.05, 3.63) is 33.9 Å². The number of anilines is 1. The number of nitro groups is 1. The van der Waals surface area contributed by atoms with Gasteiger partial charge in [0.25, 0.3) is 0 Å². The molecule has 0 saturated carbocycles. The van der Waals surface area contributed by atoms with Gasteiger partial charge in [0.1, 0.15) is 11.5 Å². The van der Waals surface area contributed by atoms with E-state index in [1.807, 2.05) is 0 Å². The first-order valence-corrected chi connectivity index (χ1v) is 4.91. The second-order valence-corrected chi connectivity index (χ2v) is 4.37. The normalized spacial score (nSPS) is 17.8. The highest BCUT2D eigenvalue weighted by Gasteiger charge is 2.40. The highest BCUT2D eigenvalue weighted by molar-refractivity contribution is 5.66. The summed E-state index contributed by atoms with van der Waals surface area (Å²) in [5.74, 6) is -2.09. The number of rotatable bonds is 2. The van der Waals surface area contributed by atoms with Crippen molar-refractivity contribution >= 4 is 11.4 Å². The van der Waals surface area contributed by atoms with Crippen LogP contribution in [0.3, 0.4) is 0 Å². The third kappa shape index (κ3) is 2.05. The van der Waals surface area contributed by atoms with Gasteiger partial charge in [0.2, 0.25) is 5.82 Å². The van der Waals surface area contributed by atoms with Crippen LogP contribution in [0.25, 0.3) is 0 Å². The lowest BCUT2D eigenvalue weighted by atomic mass is 9.96. The number of nitrogens with zero attached hydrogens (tertiary/aromatic N) is 2. The Kier molecular flexibility index (Phi) is 2.50. The molecule has 0 radical (unpaired) electrons. The van der Waals surface area contributed by atoms with Gasteiger partial charge in [-0.2, -0.15) is 4.39 Å². The lowest BCUT2D eigenvalue weighted by Gasteiger charge is -2.45. The molecule has 0 aliphatic carbocycles. The molecule has 0 aromatic heterocycles. The van der Waals surface area contributed by atoms with E-state index >= 15 is 0 Å². The van der Waals surface area contributed by atoms with Crippen molar-refractivity contribution in [2.45, 2.75) is 12.5 Å². The predicted octanol–water partition coefficient (Wildman–Crippen LogP) is 1.44. The first-order chi connectivity index (χ1) is 7.80. The van der Waals surface area contributed by atoms with Crippen LogP contribution >= 0.6 is 0 Å². The van der Waals surface area contributed by atoms with Gasteiger partial charge in [-0.15, -0.1) is 0 Å². The summed E-state index contributed by atoms with van der Waals surface area (Å²) in [5, 5.41) is 20.2. The first-order valence-electron chi connectivity index (χ1n) is 4.91. The fraction of sp³-hybridized carbons (Fsp3) is 0.400. The zero-order valence-corrected chi connectivity index (χ0v) is 8.98. The van der Waals surface area contributed by atoms with E-state index in [1.54, 1.807) is 6.92 Å². The van der Waals surface area contributed by atoms with Gasteiger partial charge in [0, 0.05) is 25.2 Å². The SMILES string of the molecule is CC1(O)CN(c2cc(F)cc(F)c2[N+](=O)[O-])C1. The highest BCUT2D eigenvalue weighted by atomic mass is 19.1. The van der Waals surface area contributed by atoms with E-state index in [0.717, 1.165) is 6.07 Å². The number of benzene rings is 1. The fourth-order valence-corrected chi connectivity index (χ4v) is 1.92. The number of hydrogen-bond donors (Lipinski definition) is 1. The molecule has 1 saturated heterocycles. The van der Waals surface area contributed by atoms with Gasteiger partial charge >= 0.3 is 5.69 Å². The van der Waals surface area contributed by atoms with Crippen LogP contribution in [0, 0.1) is 21.7 Å². The summed E-state index contributed by atoms with van der Waals surface area (Å²) in [7, 11) is 0. The monoisotopic (exact) mass is 244 g/mol. The molecule has 5 nitrogen and oxygen atoms in total. The van der Waals surface area contributed by atoms with Gasteiger partial charge in [-0.3, -0.25) is 10.1 Å². The van der Waals surface area contributed by atoms with Crippen molar-refractivity contribution < 1.29 is 18.8 Å². The quantitative estimate of drug-likeness (QED) is 0.631. The topological polar surface area (TPSA) is 66.6 Å². The van der Waals surface area contributed by atoms with E-state index in [2.05, 4.69) is 0 Å². The molecular weight excluding hydrogens is 234 g/mol. The molecular formula is C10H10F2N2O3. The molecule has 1 aromatic rings. The zero-order valence-electron chi connectivity index (χ0n) is 8.98. The average Bonchev–Trinajstić information content (AvgIpc) is 2.11. The molecule has 0 amide bonds. The standard InChI is InChI=1S/C10H10F2N2O3/c1-10(15)4-13(5-10)8-3-6(11)2-7(12)9(8)14(16)17/h2-3,15H,4-5H2,1H3. The number of aliphatic hydroxyl groups is 1. The van der Waals surface area contributed by atoms with Crippen molar-refractivity contribution in [2.75, 3.05) is 18.0 Å². The van der Waals surface area contributed by atoms with Crippen LogP contribution in [0.4, 0.5) is 20.2 Å². The Morgan fingerprint density at radius 3 is 2.53 bits per heavy atom. The molecule has 1 fully saturated rings. The highest BCUT2D eigenvalue weighted by Crippen LogP contribution is 2.36. The first kappa shape index (κ1) is 11.7. The summed E-state index contributed by atoms with van der Waals surface area (Å²) in [4.78, 5) is 11.2. The number of nitro benzene ring substituents is 1. The van der Waals surface area contributed by atoms with Crippen LogP contribution < -0.4 is 4.90 Å². The minimum absolute atomic E-state index is 0.108. The van der Waals surface area contributed by atoms with E-state index in [9.17, 15) is 24.0 Å². The fourth-order valence-electron chi connectivity index (χ4n) is 1.92. The van der Waals surface area contributed by atoms with E-state index in [0.29, 0.717) is 6.07 Å². The molecule has 17 heavy (non-hydrogen) atoms. The van der Waals surface area contributed by atoms with Crippen LogP contribution in [-0.2, 0) is 0 Å². The third-order valence-electron chi connectivity index (χ3n) is 2.59. The molecule has 7 heteroatoms.